The zero-order valence-corrected chi connectivity index (χ0v) is 23.9. The lowest BCUT2D eigenvalue weighted by molar-refractivity contribution is 0.102. The minimum absolute atomic E-state index is 0.0166. The third kappa shape index (κ3) is 5.95. The normalized spacial score (nSPS) is 10.8. The average molecular weight is 586 g/mol. The van der Waals surface area contributed by atoms with Gasteiger partial charge in [0.1, 0.15) is 22.9 Å². The van der Waals surface area contributed by atoms with Crippen LogP contribution >= 0.6 is 0 Å². The number of ether oxygens (including phenoxy) is 3. The Morgan fingerprint density at radius 1 is 0.818 bits per heavy atom. The topological polar surface area (TPSA) is 117 Å². The van der Waals surface area contributed by atoms with Crippen molar-refractivity contribution in [2.24, 2.45) is 0 Å². The van der Waals surface area contributed by atoms with E-state index in [1.165, 1.54) is 10.8 Å². The van der Waals surface area contributed by atoms with Crippen LogP contribution in [0.25, 0.3) is 22.0 Å². The molecule has 10 heteroatoms. The summed E-state index contributed by atoms with van der Waals surface area (Å²) in [6.45, 7) is 0.306. The molecule has 4 aromatic heterocycles. The summed E-state index contributed by atoms with van der Waals surface area (Å²) in [5, 5.41) is 3.47. The summed E-state index contributed by atoms with van der Waals surface area (Å²) in [7, 11) is 3.12. The van der Waals surface area contributed by atoms with E-state index in [1.54, 1.807) is 81.5 Å². The Hall–Kier alpha value is -6.03. The van der Waals surface area contributed by atoms with E-state index in [4.69, 9.17) is 14.2 Å². The quantitative estimate of drug-likeness (QED) is 0.221. The number of anilines is 1. The lowest BCUT2D eigenvalue weighted by Gasteiger charge is -2.13. The molecule has 0 radical (unpaired) electrons. The fourth-order valence-corrected chi connectivity index (χ4v) is 4.75. The van der Waals surface area contributed by atoms with Crippen molar-refractivity contribution >= 4 is 22.6 Å². The number of carbonyl (C=O) groups excluding carboxylic acids is 1. The van der Waals surface area contributed by atoms with Gasteiger partial charge in [-0.15, -0.1) is 0 Å². The zero-order valence-electron chi connectivity index (χ0n) is 23.9. The summed E-state index contributed by atoms with van der Waals surface area (Å²) in [5.74, 6) is 1.77. The molecule has 0 aliphatic carbocycles. The highest BCUT2D eigenvalue weighted by molar-refractivity contribution is 6.04. The Balaban J connectivity index is 1.25. The average Bonchev–Trinajstić information content (AvgIpc) is 3.07. The van der Waals surface area contributed by atoms with Crippen molar-refractivity contribution in [2.75, 3.05) is 19.5 Å². The standard InChI is InChI=1S/C34H27N5O5/c1-42-30-16-26-28(17-31(30)43-2)36-14-12-29(26)44-25-10-11-32(37-19-25)38-33(40)27-15-24(23-9-6-13-35-18-23)21-39(34(27)41)20-22-7-4-3-5-8-22/h3-19,21H,20H2,1-2H3,(H,37,38,40). The van der Waals surface area contributed by atoms with Crippen molar-refractivity contribution < 1.29 is 19.0 Å². The van der Waals surface area contributed by atoms with E-state index in [1.807, 2.05) is 36.4 Å². The molecular weight excluding hydrogens is 558 g/mol. The lowest BCUT2D eigenvalue weighted by atomic mass is 10.1. The van der Waals surface area contributed by atoms with Crippen molar-refractivity contribution in [1.29, 1.82) is 0 Å². The molecule has 0 spiro atoms. The fraction of sp³-hybridized carbons (Fsp3) is 0.0882. The zero-order chi connectivity index (χ0) is 30.5. The van der Waals surface area contributed by atoms with Gasteiger partial charge in [0.15, 0.2) is 11.5 Å². The number of hydrogen-bond donors (Lipinski definition) is 1. The molecule has 1 amide bonds. The maximum atomic E-state index is 13.5. The summed E-state index contributed by atoms with van der Waals surface area (Å²) in [6, 6.07) is 23.4. The van der Waals surface area contributed by atoms with E-state index in [-0.39, 0.29) is 11.4 Å². The SMILES string of the molecule is COc1cc2nccc(Oc3ccc(NC(=O)c4cc(-c5cccnc5)cn(Cc5ccccc5)c4=O)nc3)c2cc1OC. The van der Waals surface area contributed by atoms with Gasteiger partial charge in [0.05, 0.1) is 32.5 Å². The molecule has 0 bridgehead atoms. The predicted octanol–water partition coefficient (Wildman–Crippen LogP) is 5.96. The van der Waals surface area contributed by atoms with Gasteiger partial charge in [0, 0.05) is 47.4 Å². The van der Waals surface area contributed by atoms with Crippen LogP contribution in [0.4, 0.5) is 5.82 Å². The third-order valence-corrected chi connectivity index (χ3v) is 6.93. The van der Waals surface area contributed by atoms with Crippen LogP contribution in [-0.4, -0.2) is 39.6 Å². The van der Waals surface area contributed by atoms with E-state index >= 15 is 0 Å². The van der Waals surface area contributed by atoms with Crippen LogP contribution in [0.1, 0.15) is 15.9 Å². The first-order valence-electron chi connectivity index (χ1n) is 13.7. The van der Waals surface area contributed by atoms with E-state index in [2.05, 4.69) is 20.3 Å². The van der Waals surface area contributed by atoms with Crippen LogP contribution in [0.15, 0.2) is 115 Å². The summed E-state index contributed by atoms with van der Waals surface area (Å²) in [5.41, 5.74) is 2.63. The highest BCUT2D eigenvalue weighted by Gasteiger charge is 2.17. The Kier molecular flexibility index (Phi) is 7.96. The first kappa shape index (κ1) is 28.1. The first-order chi connectivity index (χ1) is 21.5. The molecule has 0 aliphatic rings. The van der Waals surface area contributed by atoms with Crippen molar-refractivity contribution in [3.05, 3.63) is 131 Å². The number of nitrogens with one attached hydrogen (secondary N) is 1. The number of carbonyl (C=O) groups is 1. The second-order valence-corrected chi connectivity index (χ2v) is 9.77. The predicted molar refractivity (Wildman–Crippen MR) is 167 cm³/mol. The van der Waals surface area contributed by atoms with Crippen LogP contribution in [0.5, 0.6) is 23.0 Å². The molecule has 0 unspecified atom stereocenters. The summed E-state index contributed by atoms with van der Waals surface area (Å²) < 4.78 is 18.4. The number of fused-ring (bicyclic) bond motifs is 1. The van der Waals surface area contributed by atoms with Gasteiger partial charge < -0.3 is 24.1 Å². The fourth-order valence-electron chi connectivity index (χ4n) is 4.75. The van der Waals surface area contributed by atoms with Crippen molar-refractivity contribution in [3.63, 3.8) is 0 Å². The molecule has 0 fully saturated rings. The van der Waals surface area contributed by atoms with Crippen LogP contribution < -0.4 is 25.1 Å². The smallest absolute Gasteiger partial charge is 0.263 e. The van der Waals surface area contributed by atoms with Gasteiger partial charge in [0.25, 0.3) is 11.5 Å². The van der Waals surface area contributed by atoms with E-state index in [0.29, 0.717) is 40.6 Å². The van der Waals surface area contributed by atoms with Gasteiger partial charge in [-0.1, -0.05) is 36.4 Å². The van der Waals surface area contributed by atoms with Crippen molar-refractivity contribution in [2.45, 2.75) is 6.54 Å². The van der Waals surface area contributed by atoms with Gasteiger partial charge in [-0.2, -0.15) is 0 Å². The number of aromatic nitrogens is 4. The number of hydrogen-bond acceptors (Lipinski definition) is 8. The molecule has 44 heavy (non-hydrogen) atoms. The molecule has 0 saturated carbocycles. The number of nitrogens with zero attached hydrogens (tertiary/aromatic N) is 4. The van der Waals surface area contributed by atoms with Crippen molar-refractivity contribution in [3.8, 4) is 34.1 Å². The number of amides is 1. The molecule has 10 nitrogen and oxygen atoms in total. The maximum Gasteiger partial charge on any atom is 0.263 e. The first-order valence-corrected chi connectivity index (χ1v) is 13.7. The minimum atomic E-state index is -0.579. The van der Waals surface area contributed by atoms with E-state index in [9.17, 15) is 9.59 Å². The minimum Gasteiger partial charge on any atom is -0.493 e. The Labute approximate surface area is 252 Å². The molecule has 0 atom stereocenters. The Bertz CT molecular complexity index is 2000. The molecule has 0 saturated heterocycles. The van der Waals surface area contributed by atoms with Crippen molar-refractivity contribution in [1.82, 2.24) is 19.5 Å². The molecule has 1 N–H and O–H groups in total. The van der Waals surface area contributed by atoms with Gasteiger partial charge in [-0.05, 0) is 42.0 Å². The molecule has 6 rings (SSSR count). The van der Waals surface area contributed by atoms with Crippen LogP contribution in [-0.2, 0) is 6.54 Å². The number of benzene rings is 2. The van der Waals surface area contributed by atoms with Gasteiger partial charge >= 0.3 is 0 Å². The van der Waals surface area contributed by atoms with Gasteiger partial charge in [0.2, 0.25) is 0 Å². The molecule has 4 heterocycles. The number of rotatable bonds is 9. The highest BCUT2D eigenvalue weighted by atomic mass is 16.5. The Morgan fingerprint density at radius 2 is 1.64 bits per heavy atom. The maximum absolute atomic E-state index is 13.5. The van der Waals surface area contributed by atoms with E-state index in [0.717, 1.165) is 16.5 Å². The lowest BCUT2D eigenvalue weighted by Crippen LogP contribution is -2.29. The second kappa shape index (κ2) is 12.5. The largest absolute Gasteiger partial charge is 0.493 e. The second-order valence-electron chi connectivity index (χ2n) is 9.77. The molecule has 2 aromatic carbocycles. The Morgan fingerprint density at radius 3 is 2.36 bits per heavy atom. The third-order valence-electron chi connectivity index (χ3n) is 6.93. The molecule has 6 aromatic rings. The van der Waals surface area contributed by atoms with Crippen LogP contribution in [0.2, 0.25) is 0 Å². The number of pyridine rings is 4. The molecule has 218 valence electrons. The monoisotopic (exact) mass is 585 g/mol. The summed E-state index contributed by atoms with van der Waals surface area (Å²) in [6.07, 6.45) is 8.22. The van der Waals surface area contributed by atoms with E-state index < -0.39 is 11.5 Å². The van der Waals surface area contributed by atoms with Gasteiger partial charge in [-0.25, -0.2) is 4.98 Å². The number of methoxy groups -OCH3 is 2. The highest BCUT2D eigenvalue weighted by Crippen LogP contribution is 2.36. The molecule has 0 aliphatic heterocycles. The van der Waals surface area contributed by atoms with Crippen LogP contribution in [0, 0.1) is 0 Å². The van der Waals surface area contributed by atoms with Gasteiger partial charge in [-0.3, -0.25) is 19.6 Å². The summed E-state index contributed by atoms with van der Waals surface area (Å²) >= 11 is 0. The summed E-state index contributed by atoms with van der Waals surface area (Å²) in [4.78, 5) is 39.8. The molecular formula is C34H27N5O5. The van der Waals surface area contributed by atoms with Crippen LogP contribution in [0.3, 0.4) is 0 Å².